The van der Waals surface area contributed by atoms with E-state index in [0.717, 1.165) is 0 Å². The summed E-state index contributed by atoms with van der Waals surface area (Å²) in [4.78, 5) is 0. The van der Waals surface area contributed by atoms with Gasteiger partial charge in [0.25, 0.3) is 0 Å². The number of rotatable bonds is 2. The molecule has 0 aliphatic heterocycles. The molecule has 0 unspecified atom stereocenters. The Morgan fingerprint density at radius 1 is 1.27 bits per heavy atom. The van der Waals surface area contributed by atoms with E-state index in [-0.39, 0.29) is 6.42 Å². The first-order chi connectivity index (χ1) is 7.04. The summed E-state index contributed by atoms with van der Waals surface area (Å²) in [6.45, 7) is 0. The predicted octanol–water partition coefficient (Wildman–Crippen LogP) is 3.36. The zero-order valence-electron chi connectivity index (χ0n) is 8.21. The third kappa shape index (κ3) is 1.94. The molecule has 0 amide bonds. The van der Waals surface area contributed by atoms with Crippen LogP contribution < -0.4 is 4.74 Å². The number of methoxy groups -OCH3 is 1. The van der Waals surface area contributed by atoms with Crippen molar-refractivity contribution < 1.29 is 17.9 Å². The van der Waals surface area contributed by atoms with Crippen molar-refractivity contribution in [3.8, 4) is 5.75 Å². The minimum Gasteiger partial charge on any atom is -0.496 e. The fourth-order valence-electron chi connectivity index (χ4n) is 1.87. The molecule has 1 aromatic carbocycles. The SMILES string of the molecule is COc1ccccc1[C@@H]1C[C@H]1C(F)(F)F. The van der Waals surface area contributed by atoms with Crippen LogP contribution in [0.3, 0.4) is 0 Å². The number of hydrogen-bond acceptors (Lipinski definition) is 1. The van der Waals surface area contributed by atoms with Crippen molar-refractivity contribution in [2.45, 2.75) is 18.5 Å². The van der Waals surface area contributed by atoms with Gasteiger partial charge in [-0.05, 0) is 24.0 Å². The zero-order valence-corrected chi connectivity index (χ0v) is 8.21. The van der Waals surface area contributed by atoms with Crippen LogP contribution in [-0.4, -0.2) is 13.3 Å². The molecule has 0 spiro atoms. The maximum Gasteiger partial charge on any atom is 0.392 e. The van der Waals surface area contributed by atoms with E-state index in [0.29, 0.717) is 11.3 Å². The topological polar surface area (TPSA) is 9.23 Å². The summed E-state index contributed by atoms with van der Waals surface area (Å²) >= 11 is 0. The average Bonchev–Trinajstić information content (AvgIpc) is 2.96. The lowest BCUT2D eigenvalue weighted by Crippen LogP contribution is -2.11. The smallest absolute Gasteiger partial charge is 0.392 e. The molecule has 1 aliphatic carbocycles. The molecule has 2 atom stereocenters. The van der Waals surface area contributed by atoms with E-state index in [2.05, 4.69) is 0 Å². The first-order valence-electron chi connectivity index (χ1n) is 4.73. The van der Waals surface area contributed by atoms with Crippen molar-refractivity contribution in [3.63, 3.8) is 0 Å². The molecule has 0 heterocycles. The lowest BCUT2D eigenvalue weighted by atomic mass is 10.1. The van der Waals surface area contributed by atoms with Crippen LogP contribution in [-0.2, 0) is 0 Å². The van der Waals surface area contributed by atoms with Crippen molar-refractivity contribution in [2.75, 3.05) is 7.11 Å². The summed E-state index contributed by atoms with van der Waals surface area (Å²) in [7, 11) is 1.48. The summed E-state index contributed by atoms with van der Waals surface area (Å²) in [5.74, 6) is -1.05. The van der Waals surface area contributed by atoms with E-state index in [9.17, 15) is 13.2 Å². The maximum absolute atomic E-state index is 12.4. The lowest BCUT2D eigenvalue weighted by molar-refractivity contribution is -0.148. The molecule has 1 aliphatic rings. The number of alkyl halides is 3. The molecule has 0 aromatic heterocycles. The highest BCUT2D eigenvalue weighted by molar-refractivity contribution is 5.39. The van der Waals surface area contributed by atoms with Crippen molar-refractivity contribution in [1.82, 2.24) is 0 Å². The second-order valence-corrected chi connectivity index (χ2v) is 3.73. The molecule has 0 bridgehead atoms. The molecule has 4 heteroatoms. The highest BCUT2D eigenvalue weighted by atomic mass is 19.4. The van der Waals surface area contributed by atoms with Crippen LogP contribution in [0.4, 0.5) is 13.2 Å². The summed E-state index contributed by atoms with van der Waals surface area (Å²) in [6, 6.07) is 6.90. The van der Waals surface area contributed by atoms with Crippen LogP contribution >= 0.6 is 0 Å². The van der Waals surface area contributed by atoms with Gasteiger partial charge in [-0.25, -0.2) is 0 Å². The van der Waals surface area contributed by atoms with Crippen LogP contribution in [0.1, 0.15) is 17.9 Å². The zero-order chi connectivity index (χ0) is 11.1. The maximum atomic E-state index is 12.4. The first kappa shape index (κ1) is 10.3. The summed E-state index contributed by atoms with van der Waals surface area (Å²) in [5, 5.41) is 0. The first-order valence-corrected chi connectivity index (χ1v) is 4.73. The highest BCUT2D eigenvalue weighted by Gasteiger charge is 2.56. The molecule has 82 valence electrons. The van der Waals surface area contributed by atoms with Gasteiger partial charge in [0.1, 0.15) is 5.75 Å². The molecule has 15 heavy (non-hydrogen) atoms. The van der Waals surface area contributed by atoms with Gasteiger partial charge in [-0.15, -0.1) is 0 Å². The summed E-state index contributed by atoms with van der Waals surface area (Å²) in [5.41, 5.74) is 0.669. The Bertz CT molecular complexity index is 359. The third-order valence-corrected chi connectivity index (χ3v) is 2.75. The third-order valence-electron chi connectivity index (χ3n) is 2.75. The van der Waals surface area contributed by atoms with Gasteiger partial charge < -0.3 is 4.74 Å². The van der Waals surface area contributed by atoms with E-state index in [1.807, 2.05) is 0 Å². The average molecular weight is 216 g/mol. The van der Waals surface area contributed by atoms with Crippen LogP contribution in [0.25, 0.3) is 0 Å². The van der Waals surface area contributed by atoms with Crippen LogP contribution in [0.2, 0.25) is 0 Å². The van der Waals surface area contributed by atoms with Gasteiger partial charge in [-0.3, -0.25) is 0 Å². The number of ether oxygens (including phenoxy) is 1. The number of benzene rings is 1. The highest BCUT2D eigenvalue weighted by Crippen LogP contribution is 2.57. The Hall–Kier alpha value is -1.19. The van der Waals surface area contributed by atoms with Gasteiger partial charge in [0.15, 0.2) is 0 Å². The Balaban J connectivity index is 2.20. The molecule has 1 nitrogen and oxygen atoms in total. The fraction of sp³-hybridized carbons (Fsp3) is 0.455. The van der Waals surface area contributed by atoms with E-state index < -0.39 is 18.0 Å². The van der Waals surface area contributed by atoms with Crippen LogP contribution in [0, 0.1) is 5.92 Å². The normalized spacial score (nSPS) is 25.1. The Labute approximate surface area is 85.9 Å². The Morgan fingerprint density at radius 2 is 1.93 bits per heavy atom. The van der Waals surface area contributed by atoms with Crippen molar-refractivity contribution in [2.24, 2.45) is 5.92 Å². The number of para-hydroxylation sites is 1. The molecule has 1 saturated carbocycles. The summed E-state index contributed by atoms with van der Waals surface area (Å²) in [6.07, 6.45) is -3.89. The van der Waals surface area contributed by atoms with Crippen LogP contribution in [0.5, 0.6) is 5.75 Å². The molecule has 1 aromatic rings. The van der Waals surface area contributed by atoms with Gasteiger partial charge in [0, 0.05) is 0 Å². The standard InChI is InChI=1S/C11H11F3O/c1-15-10-5-3-2-4-7(10)8-6-9(8)11(12,13)14/h2-5,8-9H,6H2,1H3/t8-,9+/m0/s1. The molecule has 1 fully saturated rings. The van der Waals surface area contributed by atoms with Crippen LogP contribution in [0.15, 0.2) is 24.3 Å². The van der Waals surface area contributed by atoms with Gasteiger partial charge >= 0.3 is 6.18 Å². The lowest BCUT2D eigenvalue weighted by Gasteiger charge is -2.09. The van der Waals surface area contributed by atoms with E-state index in [1.165, 1.54) is 7.11 Å². The fourth-order valence-corrected chi connectivity index (χ4v) is 1.87. The molecule has 0 radical (unpaired) electrons. The van der Waals surface area contributed by atoms with Crippen molar-refractivity contribution in [3.05, 3.63) is 29.8 Å². The monoisotopic (exact) mass is 216 g/mol. The number of halogens is 3. The van der Waals surface area contributed by atoms with E-state index >= 15 is 0 Å². The Morgan fingerprint density at radius 3 is 2.47 bits per heavy atom. The van der Waals surface area contributed by atoms with E-state index in [1.54, 1.807) is 24.3 Å². The van der Waals surface area contributed by atoms with Gasteiger partial charge in [0.2, 0.25) is 0 Å². The molecule has 2 rings (SSSR count). The van der Waals surface area contributed by atoms with Crippen molar-refractivity contribution in [1.29, 1.82) is 0 Å². The molecule has 0 saturated heterocycles. The van der Waals surface area contributed by atoms with E-state index in [4.69, 9.17) is 4.74 Å². The Kier molecular flexibility index (Phi) is 2.37. The largest absolute Gasteiger partial charge is 0.496 e. The minimum absolute atomic E-state index is 0.184. The van der Waals surface area contributed by atoms with Gasteiger partial charge in [0.05, 0.1) is 13.0 Å². The van der Waals surface area contributed by atoms with Gasteiger partial charge in [-0.1, -0.05) is 18.2 Å². The predicted molar refractivity (Wildman–Crippen MR) is 49.9 cm³/mol. The molecular formula is C11H11F3O. The number of hydrogen-bond donors (Lipinski definition) is 0. The van der Waals surface area contributed by atoms with Crippen molar-refractivity contribution >= 4 is 0 Å². The minimum atomic E-state index is -4.08. The molecule has 0 N–H and O–H groups in total. The van der Waals surface area contributed by atoms with Gasteiger partial charge in [-0.2, -0.15) is 13.2 Å². The second kappa shape index (κ2) is 3.43. The molecular weight excluding hydrogens is 205 g/mol. The quantitative estimate of drug-likeness (QED) is 0.736. The second-order valence-electron chi connectivity index (χ2n) is 3.73. The summed E-state index contributed by atoms with van der Waals surface area (Å²) < 4.78 is 42.2.